The highest BCUT2D eigenvalue weighted by Crippen LogP contribution is 2.23. The van der Waals surface area contributed by atoms with Crippen molar-refractivity contribution < 1.29 is 21.6 Å². The van der Waals surface area contributed by atoms with E-state index < -0.39 is 20.0 Å². The van der Waals surface area contributed by atoms with Crippen LogP contribution < -0.4 is 4.72 Å². The van der Waals surface area contributed by atoms with E-state index in [4.69, 9.17) is 0 Å². The molecule has 3 aromatic rings. The molecule has 1 aliphatic heterocycles. The molecule has 1 aliphatic rings. The van der Waals surface area contributed by atoms with Gasteiger partial charge < -0.3 is 4.90 Å². The van der Waals surface area contributed by atoms with E-state index in [1.807, 2.05) is 24.3 Å². The first kappa shape index (κ1) is 22.3. The summed E-state index contributed by atoms with van der Waals surface area (Å²) in [5.41, 5.74) is 0.639. The first-order chi connectivity index (χ1) is 15.1. The quantitative estimate of drug-likeness (QED) is 0.613. The topological polar surface area (TPSA) is 104 Å². The van der Waals surface area contributed by atoms with E-state index in [9.17, 15) is 21.6 Å². The number of sulfonamides is 2. The first-order valence-electron chi connectivity index (χ1n) is 10.00. The Morgan fingerprint density at radius 2 is 1.50 bits per heavy atom. The molecule has 1 heterocycles. The van der Waals surface area contributed by atoms with Crippen LogP contribution in [-0.2, 0) is 20.0 Å². The summed E-state index contributed by atoms with van der Waals surface area (Å²) in [5.74, 6) is -0.273. The van der Waals surface area contributed by atoms with E-state index in [1.54, 1.807) is 41.3 Å². The molecule has 0 atom stereocenters. The lowest BCUT2D eigenvalue weighted by molar-refractivity contribution is 0.0698. The lowest BCUT2D eigenvalue weighted by atomic mass is 10.1. The van der Waals surface area contributed by atoms with Crippen LogP contribution in [0.15, 0.2) is 71.6 Å². The molecular formula is C22H23N3O5S2. The Morgan fingerprint density at radius 3 is 2.19 bits per heavy atom. The SMILES string of the molecule is CS(=O)(=O)Nc1cccc(C(=O)N2CCN(S(=O)(=O)c3ccc4ccccc4c3)CC2)c1. The molecule has 0 spiro atoms. The number of nitrogens with one attached hydrogen (secondary N) is 1. The van der Waals surface area contributed by atoms with Crippen molar-refractivity contribution >= 4 is 42.4 Å². The second-order valence-electron chi connectivity index (χ2n) is 7.66. The van der Waals surface area contributed by atoms with Gasteiger partial charge in [-0.15, -0.1) is 0 Å². The molecule has 0 radical (unpaired) electrons. The van der Waals surface area contributed by atoms with Crippen molar-refractivity contribution in [1.82, 2.24) is 9.21 Å². The fourth-order valence-corrected chi connectivity index (χ4v) is 5.73. The zero-order chi connectivity index (χ0) is 22.9. The molecular weight excluding hydrogens is 450 g/mol. The third kappa shape index (κ3) is 4.77. The van der Waals surface area contributed by atoms with Gasteiger partial charge in [0, 0.05) is 37.4 Å². The van der Waals surface area contributed by atoms with Gasteiger partial charge in [0.05, 0.1) is 11.2 Å². The minimum Gasteiger partial charge on any atom is -0.336 e. The highest BCUT2D eigenvalue weighted by atomic mass is 32.2. The number of rotatable bonds is 5. The van der Waals surface area contributed by atoms with Crippen LogP contribution in [0.25, 0.3) is 10.8 Å². The summed E-state index contributed by atoms with van der Waals surface area (Å²) < 4.78 is 52.8. The molecule has 8 nitrogen and oxygen atoms in total. The summed E-state index contributed by atoms with van der Waals surface area (Å²) in [7, 11) is -7.13. The number of carbonyl (C=O) groups is 1. The molecule has 4 rings (SSSR count). The normalized spacial score (nSPS) is 15.6. The third-order valence-corrected chi connectivity index (χ3v) is 7.80. The Morgan fingerprint density at radius 1 is 0.812 bits per heavy atom. The molecule has 0 unspecified atom stereocenters. The summed E-state index contributed by atoms with van der Waals surface area (Å²) >= 11 is 0. The van der Waals surface area contributed by atoms with E-state index in [1.165, 1.54) is 10.4 Å². The Bertz CT molecular complexity index is 1380. The number of hydrogen-bond donors (Lipinski definition) is 1. The van der Waals surface area contributed by atoms with E-state index in [0.717, 1.165) is 17.0 Å². The summed E-state index contributed by atoms with van der Waals surface area (Å²) in [5, 5.41) is 1.82. The van der Waals surface area contributed by atoms with E-state index in [-0.39, 0.29) is 37.0 Å². The van der Waals surface area contributed by atoms with Crippen LogP contribution in [0.1, 0.15) is 10.4 Å². The molecule has 168 valence electrons. The van der Waals surface area contributed by atoms with Crippen LogP contribution >= 0.6 is 0 Å². The molecule has 10 heteroatoms. The molecule has 0 aromatic heterocycles. The number of benzene rings is 3. The molecule has 0 aliphatic carbocycles. The number of carbonyl (C=O) groups excluding carboxylic acids is 1. The third-order valence-electron chi connectivity index (χ3n) is 5.30. The molecule has 1 N–H and O–H groups in total. The fraction of sp³-hybridized carbons (Fsp3) is 0.227. The highest BCUT2D eigenvalue weighted by molar-refractivity contribution is 7.92. The Kier molecular flexibility index (Phi) is 5.93. The summed E-state index contributed by atoms with van der Waals surface area (Å²) in [6, 6.07) is 18.9. The maximum absolute atomic E-state index is 13.1. The minimum atomic E-state index is -3.68. The molecule has 32 heavy (non-hydrogen) atoms. The van der Waals surface area contributed by atoms with E-state index in [2.05, 4.69) is 4.72 Å². The predicted molar refractivity (Wildman–Crippen MR) is 124 cm³/mol. The maximum Gasteiger partial charge on any atom is 0.254 e. The zero-order valence-electron chi connectivity index (χ0n) is 17.4. The van der Waals surface area contributed by atoms with Crippen LogP contribution in [-0.4, -0.2) is 64.4 Å². The standard InChI is InChI=1S/C22H23N3O5S2/c1-31(27,28)23-20-8-4-7-19(15-20)22(26)24-11-13-25(14-12-24)32(29,30)21-10-9-17-5-2-3-6-18(17)16-21/h2-10,15-16,23H,11-14H2,1H3. The van der Waals surface area contributed by atoms with E-state index >= 15 is 0 Å². The van der Waals surface area contributed by atoms with Crippen molar-refractivity contribution in [2.24, 2.45) is 0 Å². The maximum atomic E-state index is 13.1. The summed E-state index contributed by atoms with van der Waals surface area (Å²) in [6.45, 7) is 0.856. The van der Waals surface area contributed by atoms with Gasteiger partial charge >= 0.3 is 0 Å². The van der Waals surface area contributed by atoms with Crippen molar-refractivity contribution in [1.29, 1.82) is 0 Å². The second kappa shape index (κ2) is 8.53. The van der Waals surface area contributed by atoms with E-state index in [0.29, 0.717) is 11.3 Å². The van der Waals surface area contributed by atoms with Gasteiger partial charge in [0.1, 0.15) is 0 Å². The average molecular weight is 474 g/mol. The molecule has 1 saturated heterocycles. The van der Waals surface area contributed by atoms with Gasteiger partial charge in [0.15, 0.2) is 0 Å². The second-order valence-corrected chi connectivity index (χ2v) is 11.3. The molecule has 0 saturated carbocycles. The lowest BCUT2D eigenvalue weighted by Crippen LogP contribution is -2.50. The van der Waals surface area contributed by atoms with Gasteiger partial charge in [-0.05, 0) is 41.1 Å². The number of amides is 1. The Labute approximate surface area is 187 Å². The highest BCUT2D eigenvalue weighted by Gasteiger charge is 2.30. The van der Waals surface area contributed by atoms with Crippen LogP contribution in [0.2, 0.25) is 0 Å². The number of nitrogens with zero attached hydrogens (tertiary/aromatic N) is 2. The minimum absolute atomic E-state index is 0.183. The van der Waals surface area contributed by atoms with Crippen LogP contribution in [0.3, 0.4) is 0 Å². The number of fused-ring (bicyclic) bond motifs is 1. The Balaban J connectivity index is 1.46. The Hall–Kier alpha value is -2.95. The monoisotopic (exact) mass is 473 g/mol. The number of hydrogen-bond acceptors (Lipinski definition) is 5. The first-order valence-corrected chi connectivity index (χ1v) is 13.3. The molecule has 0 bridgehead atoms. The van der Waals surface area contributed by atoms with Gasteiger partial charge in [-0.3, -0.25) is 9.52 Å². The zero-order valence-corrected chi connectivity index (χ0v) is 19.1. The van der Waals surface area contributed by atoms with Crippen LogP contribution in [0.4, 0.5) is 5.69 Å². The van der Waals surface area contributed by atoms with Gasteiger partial charge in [-0.1, -0.05) is 36.4 Å². The molecule has 1 amide bonds. The smallest absolute Gasteiger partial charge is 0.254 e. The van der Waals surface area contributed by atoms with Crippen LogP contribution in [0, 0.1) is 0 Å². The van der Waals surface area contributed by atoms with Gasteiger partial charge in [0.2, 0.25) is 20.0 Å². The van der Waals surface area contributed by atoms with Crippen molar-refractivity contribution in [3.63, 3.8) is 0 Å². The van der Waals surface area contributed by atoms with Gasteiger partial charge in [0.25, 0.3) is 5.91 Å². The average Bonchev–Trinajstić information content (AvgIpc) is 2.77. The van der Waals surface area contributed by atoms with Crippen molar-refractivity contribution in [2.75, 3.05) is 37.2 Å². The predicted octanol–water partition coefficient (Wildman–Crippen LogP) is 2.36. The molecule has 1 fully saturated rings. The van der Waals surface area contributed by atoms with Gasteiger partial charge in [-0.2, -0.15) is 4.31 Å². The largest absolute Gasteiger partial charge is 0.336 e. The lowest BCUT2D eigenvalue weighted by Gasteiger charge is -2.34. The van der Waals surface area contributed by atoms with Crippen LogP contribution in [0.5, 0.6) is 0 Å². The fourth-order valence-electron chi connectivity index (χ4n) is 3.72. The number of piperazine rings is 1. The summed E-state index contributed by atoms with van der Waals surface area (Å²) in [6.07, 6.45) is 1.04. The number of anilines is 1. The van der Waals surface area contributed by atoms with Gasteiger partial charge in [-0.25, -0.2) is 16.8 Å². The molecule has 3 aromatic carbocycles. The summed E-state index contributed by atoms with van der Waals surface area (Å²) in [4.78, 5) is 14.7. The van der Waals surface area contributed by atoms with Crippen molar-refractivity contribution in [2.45, 2.75) is 4.90 Å². The van der Waals surface area contributed by atoms with Crippen molar-refractivity contribution in [3.05, 3.63) is 72.3 Å². The van der Waals surface area contributed by atoms with Crippen molar-refractivity contribution in [3.8, 4) is 0 Å².